The van der Waals surface area contributed by atoms with Crippen LogP contribution in [0, 0.1) is 11.8 Å². The Balaban J connectivity index is 2.50. The number of hydrogen-bond acceptors (Lipinski definition) is 3. The van der Waals surface area contributed by atoms with Gasteiger partial charge in [0.2, 0.25) is 0 Å². The third-order valence-corrected chi connectivity index (χ3v) is 4.86. The van der Waals surface area contributed by atoms with Gasteiger partial charge in [0.05, 0.1) is 5.92 Å². The number of carbonyl (C=O) groups excluding carboxylic acids is 1. The van der Waals surface area contributed by atoms with Gasteiger partial charge in [0.25, 0.3) is 0 Å². The molecule has 1 aliphatic carbocycles. The molecule has 0 radical (unpaired) electrons. The number of hydrogen-bond donors (Lipinski definition) is 2. The molecule has 0 aromatic rings. The van der Waals surface area contributed by atoms with Gasteiger partial charge in [-0.3, -0.25) is 4.79 Å². The van der Waals surface area contributed by atoms with Gasteiger partial charge in [-0.1, -0.05) is 27.7 Å². The Morgan fingerprint density at radius 1 is 1.08 bits per heavy atom. The van der Waals surface area contributed by atoms with Crippen LogP contribution in [0.5, 0.6) is 0 Å². The highest BCUT2D eigenvalue weighted by molar-refractivity contribution is 5.74. The summed E-state index contributed by atoms with van der Waals surface area (Å²) in [6.07, 6.45) is 2.83. The zero-order valence-electron chi connectivity index (χ0n) is 15.8. The molecule has 0 aromatic heterocycles. The average molecular weight is 341 g/mol. The number of carboxylic acid groups (broad SMARTS) is 1. The summed E-state index contributed by atoms with van der Waals surface area (Å²) in [7, 11) is 0. The van der Waals surface area contributed by atoms with Crippen molar-refractivity contribution in [2.24, 2.45) is 11.8 Å². The van der Waals surface area contributed by atoms with Crippen molar-refractivity contribution in [3.05, 3.63) is 0 Å². The average Bonchev–Trinajstić information content (AvgIpc) is 2.54. The molecule has 0 heterocycles. The van der Waals surface area contributed by atoms with Gasteiger partial charge in [-0.15, -0.1) is 0 Å². The Hall–Kier alpha value is -1.30. The van der Waals surface area contributed by atoms with Crippen molar-refractivity contribution < 1.29 is 14.7 Å². The maximum Gasteiger partial charge on any atom is 0.317 e. The Kier molecular flexibility index (Phi) is 9.11. The van der Waals surface area contributed by atoms with Gasteiger partial charge in [-0.05, 0) is 44.7 Å². The van der Waals surface area contributed by atoms with Gasteiger partial charge in [0, 0.05) is 25.7 Å². The summed E-state index contributed by atoms with van der Waals surface area (Å²) in [5.74, 6) is -0.525. The van der Waals surface area contributed by atoms with Crippen LogP contribution in [0.15, 0.2) is 0 Å². The van der Waals surface area contributed by atoms with E-state index in [1.807, 2.05) is 4.90 Å². The lowest BCUT2D eigenvalue weighted by Gasteiger charge is -2.32. The Labute approximate surface area is 146 Å². The fraction of sp³-hybridized carbons (Fsp3) is 0.889. The van der Waals surface area contributed by atoms with E-state index in [0.29, 0.717) is 18.8 Å². The molecule has 6 heteroatoms. The second kappa shape index (κ2) is 10.5. The second-order valence-corrected chi connectivity index (χ2v) is 7.20. The van der Waals surface area contributed by atoms with Crippen molar-refractivity contribution in [2.75, 3.05) is 32.7 Å². The maximum absolute atomic E-state index is 12.6. The number of amides is 2. The van der Waals surface area contributed by atoms with Gasteiger partial charge in [0.15, 0.2) is 0 Å². The lowest BCUT2D eigenvalue weighted by molar-refractivity contribution is -0.142. The van der Waals surface area contributed by atoms with Gasteiger partial charge in [-0.2, -0.15) is 0 Å². The van der Waals surface area contributed by atoms with E-state index in [1.165, 1.54) is 0 Å². The van der Waals surface area contributed by atoms with E-state index in [-0.39, 0.29) is 18.0 Å². The zero-order chi connectivity index (χ0) is 18.1. The van der Waals surface area contributed by atoms with E-state index in [9.17, 15) is 9.59 Å². The molecule has 0 aromatic carbocycles. The summed E-state index contributed by atoms with van der Waals surface area (Å²) in [4.78, 5) is 27.9. The van der Waals surface area contributed by atoms with Crippen molar-refractivity contribution >= 4 is 12.0 Å². The Morgan fingerprint density at radius 2 is 1.67 bits per heavy atom. The van der Waals surface area contributed by atoms with Crippen LogP contribution >= 0.6 is 0 Å². The minimum absolute atomic E-state index is 0.00497. The molecule has 2 N–H and O–H groups in total. The van der Waals surface area contributed by atoms with E-state index < -0.39 is 5.97 Å². The quantitative estimate of drug-likeness (QED) is 0.676. The molecule has 1 saturated carbocycles. The first kappa shape index (κ1) is 20.7. The van der Waals surface area contributed by atoms with Gasteiger partial charge in [-0.25, -0.2) is 4.79 Å². The predicted octanol–water partition coefficient (Wildman–Crippen LogP) is 2.64. The van der Waals surface area contributed by atoms with Crippen LogP contribution in [0.3, 0.4) is 0 Å². The molecular formula is C18H35N3O3. The van der Waals surface area contributed by atoms with Crippen molar-refractivity contribution in [3.8, 4) is 0 Å². The summed E-state index contributed by atoms with van der Waals surface area (Å²) in [5, 5.41) is 12.2. The molecule has 0 atom stereocenters. The molecule has 2 amide bonds. The zero-order valence-corrected chi connectivity index (χ0v) is 15.8. The number of carbonyl (C=O) groups is 2. The van der Waals surface area contributed by atoms with E-state index in [1.54, 1.807) is 0 Å². The van der Waals surface area contributed by atoms with Crippen LogP contribution in [-0.4, -0.2) is 65.7 Å². The molecule has 140 valence electrons. The molecule has 1 aliphatic rings. The minimum atomic E-state index is -0.708. The highest BCUT2D eigenvalue weighted by Gasteiger charge is 2.27. The molecule has 0 unspecified atom stereocenters. The number of aliphatic carboxylic acids is 1. The topological polar surface area (TPSA) is 72.9 Å². The van der Waals surface area contributed by atoms with Crippen LogP contribution in [0.1, 0.15) is 53.4 Å². The smallest absolute Gasteiger partial charge is 0.317 e. The van der Waals surface area contributed by atoms with Crippen molar-refractivity contribution in [3.63, 3.8) is 0 Å². The van der Waals surface area contributed by atoms with Crippen LogP contribution in [0.25, 0.3) is 0 Å². The summed E-state index contributed by atoms with van der Waals surface area (Å²) < 4.78 is 0. The normalized spacial score (nSPS) is 21.1. The molecule has 0 bridgehead atoms. The molecular weight excluding hydrogens is 306 g/mol. The number of carboxylic acids is 1. The first-order valence-electron chi connectivity index (χ1n) is 9.37. The molecule has 1 rings (SSSR count). The predicted molar refractivity (Wildman–Crippen MR) is 96.1 cm³/mol. The number of nitrogens with one attached hydrogen (secondary N) is 1. The third kappa shape index (κ3) is 7.07. The van der Waals surface area contributed by atoms with E-state index in [0.717, 1.165) is 45.6 Å². The van der Waals surface area contributed by atoms with Gasteiger partial charge in [0.1, 0.15) is 0 Å². The first-order chi connectivity index (χ1) is 11.4. The molecule has 0 spiro atoms. The van der Waals surface area contributed by atoms with Crippen LogP contribution in [0.4, 0.5) is 4.79 Å². The lowest BCUT2D eigenvalue weighted by Crippen LogP contribution is -2.49. The number of nitrogens with zero attached hydrogens (tertiary/aromatic N) is 2. The van der Waals surface area contributed by atoms with E-state index >= 15 is 0 Å². The van der Waals surface area contributed by atoms with Crippen molar-refractivity contribution in [1.82, 2.24) is 15.1 Å². The highest BCUT2D eigenvalue weighted by atomic mass is 16.4. The maximum atomic E-state index is 12.6. The van der Waals surface area contributed by atoms with Crippen molar-refractivity contribution in [2.45, 2.75) is 59.4 Å². The number of urea groups is 1. The fourth-order valence-corrected chi connectivity index (χ4v) is 3.27. The molecule has 24 heavy (non-hydrogen) atoms. The number of likely N-dealkylation sites (N-methyl/N-ethyl adjacent to an activating group) is 1. The monoisotopic (exact) mass is 341 g/mol. The van der Waals surface area contributed by atoms with Crippen LogP contribution in [-0.2, 0) is 4.79 Å². The fourth-order valence-electron chi connectivity index (χ4n) is 3.27. The largest absolute Gasteiger partial charge is 0.481 e. The molecule has 0 aliphatic heterocycles. The second-order valence-electron chi connectivity index (χ2n) is 7.20. The van der Waals surface area contributed by atoms with Crippen LogP contribution in [0.2, 0.25) is 0 Å². The third-order valence-electron chi connectivity index (χ3n) is 4.86. The molecule has 1 fully saturated rings. The lowest BCUT2D eigenvalue weighted by atomic mass is 9.86. The highest BCUT2D eigenvalue weighted by Crippen LogP contribution is 2.24. The van der Waals surface area contributed by atoms with E-state index in [4.69, 9.17) is 5.11 Å². The summed E-state index contributed by atoms with van der Waals surface area (Å²) in [6, 6.07) is 0.103. The molecule has 6 nitrogen and oxygen atoms in total. The summed E-state index contributed by atoms with van der Waals surface area (Å²) >= 11 is 0. The summed E-state index contributed by atoms with van der Waals surface area (Å²) in [5.41, 5.74) is 0. The van der Waals surface area contributed by atoms with Crippen molar-refractivity contribution in [1.29, 1.82) is 0 Å². The first-order valence-corrected chi connectivity index (χ1v) is 9.37. The minimum Gasteiger partial charge on any atom is -0.481 e. The Morgan fingerprint density at radius 3 is 2.12 bits per heavy atom. The molecule has 0 saturated heterocycles. The SMILES string of the molecule is CCN(CC)CCN(CC(C)C)C(=O)NC1CCC(C(=O)O)CC1. The number of rotatable bonds is 9. The van der Waals surface area contributed by atoms with Gasteiger partial charge < -0.3 is 20.2 Å². The van der Waals surface area contributed by atoms with Crippen LogP contribution < -0.4 is 5.32 Å². The standard InChI is InChI=1S/C18H35N3O3/c1-5-20(6-2)11-12-21(13-14(3)4)18(24)19-16-9-7-15(8-10-16)17(22)23/h14-16H,5-13H2,1-4H3,(H,19,24)(H,22,23). The van der Waals surface area contributed by atoms with Gasteiger partial charge >= 0.3 is 12.0 Å². The summed E-state index contributed by atoms with van der Waals surface area (Å²) in [6.45, 7) is 12.9. The van der Waals surface area contributed by atoms with E-state index in [2.05, 4.69) is 37.9 Å². The Bertz CT molecular complexity index is 389.